The zero-order valence-electron chi connectivity index (χ0n) is 18.5. The van der Waals surface area contributed by atoms with Crippen LogP contribution in [0.15, 0.2) is 23.2 Å². The lowest BCUT2D eigenvalue weighted by Crippen LogP contribution is -2.63. The lowest BCUT2D eigenvalue weighted by molar-refractivity contribution is -0.113. The Labute approximate surface area is 197 Å². The molecule has 0 saturated heterocycles. The number of ether oxygens (including phenoxy) is 1. The summed E-state index contributed by atoms with van der Waals surface area (Å²) in [6.45, 7) is 7.57. The first-order valence-electron chi connectivity index (χ1n) is 10.1. The first kappa shape index (κ1) is 27.1. The van der Waals surface area contributed by atoms with Crippen molar-refractivity contribution in [3.63, 3.8) is 0 Å². The molecule has 0 amide bonds. The summed E-state index contributed by atoms with van der Waals surface area (Å²) in [6, 6.07) is 4.39. The van der Waals surface area contributed by atoms with E-state index in [1.165, 1.54) is 24.5 Å². The average Bonchev–Trinajstić information content (AvgIpc) is 2.63. The van der Waals surface area contributed by atoms with Crippen molar-refractivity contribution in [3.05, 3.63) is 35.1 Å². The number of benzene rings is 1. The summed E-state index contributed by atoms with van der Waals surface area (Å²) < 4.78 is 43.0. The maximum atomic E-state index is 13.7. The van der Waals surface area contributed by atoms with Gasteiger partial charge in [0.25, 0.3) is 0 Å². The van der Waals surface area contributed by atoms with Crippen molar-refractivity contribution < 1.29 is 17.5 Å². The summed E-state index contributed by atoms with van der Waals surface area (Å²) in [7, 11) is -1.53. The lowest BCUT2D eigenvalue weighted by atomic mass is 9.64. The van der Waals surface area contributed by atoms with E-state index in [1.54, 1.807) is 7.05 Å². The first-order valence-corrected chi connectivity index (χ1v) is 12.2. The van der Waals surface area contributed by atoms with Crippen molar-refractivity contribution in [2.75, 3.05) is 19.9 Å². The minimum Gasteiger partial charge on any atom is -0.378 e. The van der Waals surface area contributed by atoms with Crippen LogP contribution in [-0.2, 0) is 26.9 Å². The molecule has 1 saturated carbocycles. The number of nitrogens with one attached hydrogen (secondary N) is 2. The Morgan fingerprint density at radius 1 is 1.33 bits per heavy atom. The predicted molar refractivity (Wildman–Crippen MR) is 131 cm³/mol. The molecule has 2 N–H and O–H groups in total. The van der Waals surface area contributed by atoms with Crippen LogP contribution in [0.4, 0.5) is 4.39 Å². The van der Waals surface area contributed by atoms with Crippen LogP contribution in [0, 0.1) is 11.2 Å². The quantitative estimate of drug-likeness (QED) is 0.211. The molecule has 6 nitrogen and oxygen atoms in total. The van der Waals surface area contributed by atoms with E-state index >= 15 is 0 Å². The van der Waals surface area contributed by atoms with E-state index in [9.17, 15) is 12.8 Å². The van der Waals surface area contributed by atoms with Gasteiger partial charge < -0.3 is 15.4 Å². The van der Waals surface area contributed by atoms with Crippen LogP contribution in [0.1, 0.15) is 51.2 Å². The average molecular weight is 555 g/mol. The number of halogens is 2. The van der Waals surface area contributed by atoms with E-state index in [0.717, 1.165) is 25.9 Å². The molecule has 0 bridgehead atoms. The summed E-state index contributed by atoms with van der Waals surface area (Å²) in [5.41, 5.74) is 1.17. The molecule has 1 aromatic rings. The minimum absolute atomic E-state index is 0. The summed E-state index contributed by atoms with van der Waals surface area (Å²) in [4.78, 5) is 4.26. The number of guanidine groups is 1. The molecule has 2 unspecified atom stereocenters. The first-order chi connectivity index (χ1) is 13.6. The van der Waals surface area contributed by atoms with Crippen LogP contribution in [0.25, 0.3) is 0 Å². The molecule has 0 heterocycles. The van der Waals surface area contributed by atoms with Crippen LogP contribution in [0.2, 0.25) is 0 Å². The molecule has 9 heteroatoms. The fourth-order valence-electron chi connectivity index (χ4n) is 3.50. The standard InChI is InChI=1S/C21H34FN3O3S.HI/c1-6-7-10-28-19-12-18(21(19,2)3)25-20(23-4)24-13-16-11-17(22)9-8-15(16)14-29(5,26)27;/h8-9,11,18-19H,6-7,10,12-14H2,1-5H3,(H2,23,24,25);1H. The molecule has 1 aliphatic rings. The Balaban J connectivity index is 0.00000450. The SMILES string of the molecule is CCCCOC1CC(NC(=NC)NCc2cc(F)ccc2CS(C)(=O)=O)C1(C)C.I. The fraction of sp³-hybridized carbons (Fsp3) is 0.667. The van der Waals surface area contributed by atoms with Gasteiger partial charge in [0.2, 0.25) is 0 Å². The highest BCUT2D eigenvalue weighted by molar-refractivity contribution is 14.0. The van der Waals surface area contributed by atoms with Crippen molar-refractivity contribution in [1.29, 1.82) is 0 Å². The monoisotopic (exact) mass is 555 g/mol. The van der Waals surface area contributed by atoms with Gasteiger partial charge in [-0.15, -0.1) is 24.0 Å². The van der Waals surface area contributed by atoms with E-state index in [4.69, 9.17) is 4.74 Å². The van der Waals surface area contributed by atoms with Crippen LogP contribution >= 0.6 is 24.0 Å². The van der Waals surface area contributed by atoms with Gasteiger partial charge in [0.05, 0.1) is 11.9 Å². The Bertz CT molecular complexity index is 831. The zero-order chi connectivity index (χ0) is 21.7. The lowest BCUT2D eigenvalue weighted by Gasteiger charge is -2.52. The van der Waals surface area contributed by atoms with E-state index in [0.29, 0.717) is 17.1 Å². The smallest absolute Gasteiger partial charge is 0.191 e. The summed E-state index contributed by atoms with van der Waals surface area (Å²) >= 11 is 0. The molecule has 2 atom stereocenters. The number of sulfone groups is 1. The molecule has 1 fully saturated rings. The molecular formula is C21H35FIN3O3S. The number of hydrogen-bond acceptors (Lipinski definition) is 4. The van der Waals surface area contributed by atoms with Crippen molar-refractivity contribution in [1.82, 2.24) is 10.6 Å². The highest BCUT2D eigenvalue weighted by Gasteiger charge is 2.49. The van der Waals surface area contributed by atoms with Gasteiger partial charge in [0.15, 0.2) is 15.8 Å². The highest BCUT2D eigenvalue weighted by atomic mass is 127. The van der Waals surface area contributed by atoms with Gasteiger partial charge in [-0.2, -0.15) is 0 Å². The molecule has 30 heavy (non-hydrogen) atoms. The summed E-state index contributed by atoms with van der Waals surface area (Å²) in [5, 5.41) is 6.59. The van der Waals surface area contributed by atoms with Crippen LogP contribution in [-0.4, -0.2) is 46.4 Å². The number of unbranched alkanes of at least 4 members (excludes halogenated alkanes) is 1. The van der Waals surface area contributed by atoms with Gasteiger partial charge in [0.1, 0.15) is 5.82 Å². The summed E-state index contributed by atoms with van der Waals surface area (Å²) in [5.74, 6) is 0.0850. The maximum Gasteiger partial charge on any atom is 0.191 e. The molecule has 172 valence electrons. The third-order valence-corrected chi connectivity index (χ3v) is 6.40. The number of hydrogen-bond donors (Lipinski definition) is 2. The molecule has 0 radical (unpaired) electrons. The Morgan fingerprint density at radius 3 is 2.60 bits per heavy atom. The molecule has 0 aliphatic heterocycles. The van der Waals surface area contributed by atoms with Crippen LogP contribution < -0.4 is 10.6 Å². The predicted octanol–water partition coefficient (Wildman–Crippen LogP) is 3.64. The Kier molecular flexibility index (Phi) is 10.5. The molecule has 0 spiro atoms. The van der Waals surface area contributed by atoms with Gasteiger partial charge in [-0.3, -0.25) is 4.99 Å². The Hall–Kier alpha value is -0.940. The third-order valence-electron chi connectivity index (χ3n) is 5.56. The topological polar surface area (TPSA) is 79.8 Å². The number of aliphatic imine (C=N–C) groups is 1. The summed E-state index contributed by atoms with van der Waals surface area (Å²) in [6.07, 6.45) is 4.47. The molecular weight excluding hydrogens is 520 g/mol. The fourth-order valence-corrected chi connectivity index (χ4v) is 4.35. The van der Waals surface area contributed by atoms with Gasteiger partial charge in [-0.05, 0) is 36.1 Å². The number of rotatable bonds is 9. The van der Waals surface area contributed by atoms with Crippen molar-refractivity contribution in [2.45, 2.75) is 64.5 Å². The molecule has 2 rings (SSSR count). The number of nitrogens with zero attached hydrogens (tertiary/aromatic N) is 1. The van der Waals surface area contributed by atoms with Crippen LogP contribution in [0.5, 0.6) is 0 Å². The van der Waals surface area contributed by atoms with Gasteiger partial charge in [0, 0.05) is 37.9 Å². The van der Waals surface area contributed by atoms with Crippen molar-refractivity contribution in [2.24, 2.45) is 10.4 Å². The largest absolute Gasteiger partial charge is 0.378 e. The van der Waals surface area contributed by atoms with E-state index in [1.807, 2.05) is 0 Å². The maximum absolute atomic E-state index is 13.7. The van der Waals surface area contributed by atoms with E-state index in [-0.39, 0.29) is 53.8 Å². The van der Waals surface area contributed by atoms with Crippen LogP contribution in [0.3, 0.4) is 0 Å². The minimum atomic E-state index is -3.21. The van der Waals surface area contributed by atoms with E-state index < -0.39 is 15.7 Å². The zero-order valence-corrected chi connectivity index (χ0v) is 21.6. The second-order valence-corrected chi connectivity index (χ2v) is 10.5. The second kappa shape index (κ2) is 11.6. The molecule has 1 aromatic carbocycles. The van der Waals surface area contributed by atoms with Gasteiger partial charge in [-0.25, -0.2) is 12.8 Å². The van der Waals surface area contributed by atoms with Gasteiger partial charge in [-0.1, -0.05) is 33.3 Å². The van der Waals surface area contributed by atoms with Gasteiger partial charge >= 0.3 is 0 Å². The third kappa shape index (κ3) is 7.64. The molecule has 1 aliphatic carbocycles. The second-order valence-electron chi connectivity index (χ2n) is 8.38. The Morgan fingerprint density at radius 2 is 2.03 bits per heavy atom. The van der Waals surface area contributed by atoms with Crippen molar-refractivity contribution >= 4 is 39.8 Å². The highest BCUT2D eigenvalue weighted by Crippen LogP contribution is 2.42. The van der Waals surface area contributed by atoms with E-state index in [2.05, 4.69) is 36.4 Å². The molecule has 0 aromatic heterocycles. The normalized spacial score (nSPS) is 20.8. The van der Waals surface area contributed by atoms with Crippen molar-refractivity contribution in [3.8, 4) is 0 Å².